The molecule has 0 amide bonds. The zero-order chi connectivity index (χ0) is 0. The van der Waals surface area contributed by atoms with Crippen molar-refractivity contribution in [1.29, 1.82) is 0 Å². The van der Waals surface area contributed by atoms with Crippen LogP contribution in [0, 0.1) is 0 Å². The van der Waals surface area contributed by atoms with Gasteiger partial charge in [-0.1, -0.05) is 25.2 Å². The average molecular weight is 100 g/mol. The molecule has 0 N–H and O–H groups in total. The molecule has 0 aromatic heterocycles. The van der Waals surface area contributed by atoms with Crippen molar-refractivity contribution in [3.63, 3.8) is 0 Å². The topological polar surface area (TPSA) is 0 Å². The molecule has 0 nitrogen and oxygen atoms in total. The molecule has 0 heterocycles. The van der Waals surface area contributed by atoms with Crippen molar-refractivity contribution in [2.24, 2.45) is 0 Å². The maximum atomic E-state index is 0. The molecular weight excluding hydrogens is 88.3 g/mol. The van der Waals surface area contributed by atoms with Crippen LogP contribution in [0.4, 0.5) is 0 Å². The standard InChI is InChI=1S/3BH4.Fe/h3*1H4;/q3*-1;+3. The Morgan fingerprint density at radius 1 is 0.500 bits per heavy atom. The summed E-state index contributed by atoms with van der Waals surface area (Å²) in [5.41, 5.74) is 0. The summed E-state index contributed by atoms with van der Waals surface area (Å²) in [6.45, 7) is 0. The summed E-state index contributed by atoms with van der Waals surface area (Å²) >= 11 is 0. The van der Waals surface area contributed by atoms with Crippen LogP contribution in [-0.4, -0.2) is 25.2 Å². The van der Waals surface area contributed by atoms with Gasteiger partial charge >= 0.3 is 17.1 Å². The van der Waals surface area contributed by atoms with Gasteiger partial charge in [-0.25, -0.2) is 0 Å². The van der Waals surface area contributed by atoms with Gasteiger partial charge in [0.1, 0.15) is 0 Å². The molecule has 4 heteroatoms. The van der Waals surface area contributed by atoms with Crippen molar-refractivity contribution in [3.05, 3.63) is 0 Å². The summed E-state index contributed by atoms with van der Waals surface area (Å²) < 4.78 is 0. The molecule has 0 atom stereocenters. The summed E-state index contributed by atoms with van der Waals surface area (Å²) in [6, 6.07) is 0. The van der Waals surface area contributed by atoms with Crippen molar-refractivity contribution >= 4 is 25.2 Å². The van der Waals surface area contributed by atoms with E-state index in [1.807, 2.05) is 0 Å². The van der Waals surface area contributed by atoms with Gasteiger partial charge in [-0.05, 0) is 0 Å². The molecule has 1 radical (unpaired) electrons. The van der Waals surface area contributed by atoms with Crippen LogP contribution in [0.1, 0.15) is 0 Å². The Labute approximate surface area is 42.9 Å². The van der Waals surface area contributed by atoms with Crippen LogP contribution in [0.15, 0.2) is 0 Å². The van der Waals surface area contributed by atoms with E-state index in [1.54, 1.807) is 0 Å². The Morgan fingerprint density at radius 2 is 0.500 bits per heavy atom. The van der Waals surface area contributed by atoms with E-state index in [-0.39, 0.29) is 42.3 Å². The first-order valence-corrected chi connectivity index (χ1v) is 0. The number of rotatable bonds is 0. The summed E-state index contributed by atoms with van der Waals surface area (Å²) in [5.74, 6) is 0. The maximum absolute atomic E-state index is 0. The fourth-order valence-electron chi connectivity index (χ4n) is 0. The smallest absolute Gasteiger partial charge is 0.0626 e. The van der Waals surface area contributed by atoms with Crippen molar-refractivity contribution < 1.29 is 17.1 Å². The van der Waals surface area contributed by atoms with Gasteiger partial charge in [-0.3, -0.25) is 0 Å². The first kappa shape index (κ1) is 127. The second-order valence-corrected chi connectivity index (χ2v) is 0. The van der Waals surface area contributed by atoms with Gasteiger partial charge in [0, 0.05) is 0 Å². The summed E-state index contributed by atoms with van der Waals surface area (Å²) in [6.07, 6.45) is 0. The van der Waals surface area contributed by atoms with Crippen LogP contribution in [0.5, 0.6) is 0 Å². The van der Waals surface area contributed by atoms with E-state index >= 15 is 0 Å². The van der Waals surface area contributed by atoms with Crippen molar-refractivity contribution in [3.8, 4) is 0 Å². The molecule has 0 bridgehead atoms. The Hall–Kier alpha value is 0.714. The molecular formula is H12B3Fe. The predicted octanol–water partition coefficient (Wildman–Crippen LogP) is -4.36. The quantitative estimate of drug-likeness (QED) is 0.270. The Bertz CT molecular complexity index is 3.25. The third-order valence-electron chi connectivity index (χ3n) is 0. The van der Waals surface area contributed by atoms with Crippen LogP contribution >= 0.6 is 0 Å². The monoisotopic (exact) mass is 101 g/mol. The van der Waals surface area contributed by atoms with E-state index in [4.69, 9.17) is 0 Å². The largest absolute Gasteiger partial charge is 3.00 e. The van der Waals surface area contributed by atoms with Crippen LogP contribution in [0.25, 0.3) is 0 Å². The molecule has 0 spiro atoms. The fraction of sp³-hybridized carbons (Fsp3) is 0. The van der Waals surface area contributed by atoms with Gasteiger partial charge in [-0.2, -0.15) is 0 Å². The van der Waals surface area contributed by atoms with Crippen LogP contribution in [0.3, 0.4) is 0 Å². The molecule has 29 valence electrons. The van der Waals surface area contributed by atoms with Crippen LogP contribution < -0.4 is 0 Å². The SMILES string of the molecule is [BH4-].[BH4-].[BH4-].[Fe+3]. The van der Waals surface area contributed by atoms with Crippen molar-refractivity contribution in [1.82, 2.24) is 0 Å². The first-order valence-electron chi connectivity index (χ1n) is 0. The Morgan fingerprint density at radius 3 is 0.500 bits per heavy atom. The first-order chi connectivity index (χ1) is 0. The third kappa shape index (κ3) is 15.6. The zero-order valence-electron chi connectivity index (χ0n) is 0.354. The van der Waals surface area contributed by atoms with E-state index in [1.165, 1.54) is 0 Å². The second kappa shape index (κ2) is 53.6. The van der Waals surface area contributed by atoms with Gasteiger partial charge in [0.15, 0.2) is 0 Å². The minimum atomic E-state index is 0. The predicted molar refractivity (Wildman–Crippen MR) is 34.0 cm³/mol. The van der Waals surface area contributed by atoms with Crippen LogP contribution in [0.2, 0.25) is 0 Å². The van der Waals surface area contributed by atoms with Crippen molar-refractivity contribution in [2.45, 2.75) is 0 Å². The van der Waals surface area contributed by atoms with E-state index in [0.29, 0.717) is 0 Å². The molecule has 0 unspecified atom stereocenters. The van der Waals surface area contributed by atoms with Gasteiger partial charge < -0.3 is 0 Å². The van der Waals surface area contributed by atoms with E-state index in [2.05, 4.69) is 0 Å². The maximum Gasteiger partial charge on any atom is 3.00 e. The van der Waals surface area contributed by atoms with Gasteiger partial charge in [-0.15, -0.1) is 0 Å². The van der Waals surface area contributed by atoms with E-state index in [0.717, 1.165) is 0 Å². The normalized spacial score (nSPS) is 0. The molecule has 0 aromatic rings. The van der Waals surface area contributed by atoms with Gasteiger partial charge in [0.2, 0.25) is 0 Å². The third-order valence-corrected chi connectivity index (χ3v) is 0. The molecule has 0 rings (SSSR count). The minimum Gasteiger partial charge on any atom is -0.0626 e. The molecule has 0 aliphatic heterocycles. The summed E-state index contributed by atoms with van der Waals surface area (Å²) in [5, 5.41) is 0. The molecule has 0 fully saturated rings. The van der Waals surface area contributed by atoms with E-state index < -0.39 is 0 Å². The Kier molecular flexibility index (Phi) is 1710. The minimum absolute atomic E-state index is 0. The molecule has 4 heavy (non-hydrogen) atoms. The van der Waals surface area contributed by atoms with Gasteiger partial charge in [0.25, 0.3) is 0 Å². The van der Waals surface area contributed by atoms with E-state index in [9.17, 15) is 0 Å². The van der Waals surface area contributed by atoms with Crippen molar-refractivity contribution in [2.75, 3.05) is 0 Å². The number of hydrogen-bond donors (Lipinski definition) is 0. The zero-order valence-corrected chi connectivity index (χ0v) is 1.46. The second-order valence-electron chi connectivity index (χ2n) is 0. The molecule has 0 saturated carbocycles. The average Bonchev–Trinajstić information content (AvgIpc) is 0. The molecule has 0 aliphatic carbocycles. The summed E-state index contributed by atoms with van der Waals surface area (Å²) in [4.78, 5) is 0. The summed E-state index contributed by atoms with van der Waals surface area (Å²) in [7, 11) is 0. The van der Waals surface area contributed by atoms with Crippen LogP contribution in [-0.2, 0) is 17.1 Å². The van der Waals surface area contributed by atoms with Gasteiger partial charge in [0.05, 0.1) is 0 Å². The molecule has 0 aromatic carbocycles. The number of hydrogen-bond acceptors (Lipinski definition) is 0. The molecule has 0 saturated heterocycles. The molecule has 0 aliphatic rings. The fourth-order valence-corrected chi connectivity index (χ4v) is 0. The Balaban J connectivity index is 0.